The van der Waals surface area contributed by atoms with Gasteiger partial charge in [-0.3, -0.25) is 19.3 Å². The highest BCUT2D eigenvalue weighted by atomic mass is 32.2. The van der Waals surface area contributed by atoms with E-state index in [1.54, 1.807) is 35.0 Å². The Hall–Kier alpha value is -3.40. The zero-order valence-corrected chi connectivity index (χ0v) is 22.7. The van der Waals surface area contributed by atoms with Gasteiger partial charge in [0.2, 0.25) is 11.1 Å². The number of halogens is 2. The van der Waals surface area contributed by atoms with Crippen molar-refractivity contribution in [2.75, 3.05) is 30.3 Å². The number of aryl methyl sites for hydroxylation is 1. The van der Waals surface area contributed by atoms with Gasteiger partial charge in [0, 0.05) is 41.0 Å². The maximum absolute atomic E-state index is 13.9. The van der Waals surface area contributed by atoms with E-state index in [1.165, 1.54) is 11.8 Å². The van der Waals surface area contributed by atoms with E-state index in [0.29, 0.717) is 22.5 Å². The number of benzene rings is 1. The Labute approximate surface area is 230 Å². The van der Waals surface area contributed by atoms with Crippen molar-refractivity contribution in [3.05, 3.63) is 54.4 Å². The van der Waals surface area contributed by atoms with Crippen LogP contribution < -0.4 is 10.6 Å². The molecule has 5 rings (SSSR count). The molecule has 0 aliphatic carbocycles. The van der Waals surface area contributed by atoms with Gasteiger partial charge in [0.15, 0.2) is 11.6 Å². The first-order chi connectivity index (χ1) is 18.9. The van der Waals surface area contributed by atoms with Crippen LogP contribution >= 0.6 is 19.6 Å². The van der Waals surface area contributed by atoms with Crippen LogP contribution in [0.3, 0.4) is 0 Å². The van der Waals surface area contributed by atoms with Gasteiger partial charge in [0.1, 0.15) is 5.52 Å². The molecular weight excluding hydrogens is 569 g/mol. The Bertz CT molecular complexity index is 1560. The van der Waals surface area contributed by atoms with Crippen molar-refractivity contribution < 1.29 is 32.5 Å². The lowest BCUT2D eigenvalue weighted by molar-refractivity contribution is -0.117. The largest absolute Gasteiger partial charge is 0.469 e. The third kappa shape index (κ3) is 7.21. The number of hydrogen-bond acceptors (Lipinski definition) is 9. The smallest absolute Gasteiger partial charge is 0.325 e. The summed E-state index contributed by atoms with van der Waals surface area (Å²) in [4.78, 5) is 36.9. The first-order valence-electron chi connectivity index (χ1n) is 12.0. The number of nitrogens with zero attached hydrogens (tertiary/aromatic N) is 5. The number of hydrogen-bond donors (Lipinski definition) is 5. The third-order valence-electron chi connectivity index (χ3n) is 5.94. The van der Waals surface area contributed by atoms with Gasteiger partial charge in [0.25, 0.3) is 5.92 Å². The quantitative estimate of drug-likeness (QED) is 0.171. The monoisotopic (exact) mass is 594 g/mol. The van der Waals surface area contributed by atoms with Crippen LogP contribution in [0, 0.1) is 6.92 Å². The van der Waals surface area contributed by atoms with Crippen molar-refractivity contribution in [3.63, 3.8) is 0 Å². The number of H-pyrrole nitrogens is 1. The molecule has 0 bridgehead atoms. The fraction of sp³-hybridized carbons (Fsp3) is 0.304. The first-order valence-corrected chi connectivity index (χ1v) is 14.3. The van der Waals surface area contributed by atoms with Gasteiger partial charge in [0.05, 0.1) is 19.7 Å². The van der Waals surface area contributed by atoms with Gasteiger partial charge >= 0.3 is 7.82 Å². The van der Waals surface area contributed by atoms with Crippen molar-refractivity contribution in [1.82, 2.24) is 29.7 Å². The van der Waals surface area contributed by atoms with E-state index in [1.807, 2.05) is 25.1 Å². The van der Waals surface area contributed by atoms with Gasteiger partial charge < -0.3 is 20.4 Å². The van der Waals surface area contributed by atoms with Crippen LogP contribution in [-0.2, 0) is 13.9 Å². The number of phosphoric ester groups is 1. The molecule has 0 saturated carbocycles. The second-order valence-corrected chi connectivity index (χ2v) is 11.5. The van der Waals surface area contributed by atoms with Crippen LogP contribution in [0.2, 0.25) is 0 Å². The molecule has 1 amide bonds. The van der Waals surface area contributed by atoms with Crippen LogP contribution in [0.1, 0.15) is 12.1 Å². The molecule has 40 heavy (non-hydrogen) atoms. The standard InChI is InChI=1S/C23H25F2N8O5PS/c1-14-9-19(30-29-14)27-21-18-3-2-8-33(18)31-22(28-21)40-17-6-4-15(5-7-17)26-20(34)11-32-13-23(24,25)10-16(32)12-38-39(35,36)37/h2-9,16H,10-13H2,1H3,(H,26,34)(H2,35,36,37)(H2,27,28,29,30,31)/t16-/m0/s1. The number of amides is 1. The van der Waals surface area contributed by atoms with Crippen LogP contribution in [0.25, 0.3) is 5.52 Å². The summed E-state index contributed by atoms with van der Waals surface area (Å²) >= 11 is 1.30. The Morgan fingerprint density at radius 2 is 2.08 bits per heavy atom. The van der Waals surface area contributed by atoms with E-state index < -0.39 is 51.8 Å². The average Bonchev–Trinajstić information content (AvgIpc) is 3.57. The van der Waals surface area contributed by atoms with Crippen molar-refractivity contribution in [3.8, 4) is 0 Å². The minimum atomic E-state index is -4.82. The summed E-state index contributed by atoms with van der Waals surface area (Å²) in [6.07, 6.45) is 1.14. The summed E-state index contributed by atoms with van der Waals surface area (Å²) in [5.41, 5.74) is 2.12. The number of nitrogens with one attached hydrogen (secondary N) is 3. The van der Waals surface area contributed by atoms with Crippen molar-refractivity contribution >= 4 is 48.3 Å². The maximum Gasteiger partial charge on any atom is 0.469 e. The lowest BCUT2D eigenvalue weighted by Gasteiger charge is -2.22. The highest BCUT2D eigenvalue weighted by molar-refractivity contribution is 7.99. The van der Waals surface area contributed by atoms with E-state index >= 15 is 0 Å². The second-order valence-electron chi connectivity index (χ2n) is 9.22. The Kier molecular flexibility index (Phi) is 7.90. The maximum atomic E-state index is 13.9. The molecule has 3 aromatic heterocycles. The SMILES string of the molecule is Cc1cc(Nc2nc(Sc3ccc(NC(=O)CN4CC(F)(F)C[C@H]4COP(=O)(O)O)cc3)nn3cccc23)n[nH]1. The predicted molar refractivity (Wildman–Crippen MR) is 142 cm³/mol. The number of fused-ring (bicyclic) bond motifs is 1. The van der Waals surface area contributed by atoms with Gasteiger partial charge in [-0.2, -0.15) is 5.10 Å². The zero-order valence-electron chi connectivity index (χ0n) is 21.0. The minimum absolute atomic E-state index is 0.392. The lowest BCUT2D eigenvalue weighted by Crippen LogP contribution is -2.39. The van der Waals surface area contributed by atoms with E-state index in [9.17, 15) is 18.1 Å². The van der Waals surface area contributed by atoms with Crippen LogP contribution in [0.15, 0.2) is 58.7 Å². The molecular formula is C23H25F2N8O5PS. The van der Waals surface area contributed by atoms with E-state index in [2.05, 4.69) is 35.4 Å². The zero-order chi connectivity index (χ0) is 28.5. The number of anilines is 3. The van der Waals surface area contributed by atoms with Gasteiger partial charge in [-0.25, -0.2) is 22.8 Å². The molecule has 212 valence electrons. The van der Waals surface area contributed by atoms with Crippen LogP contribution in [0.4, 0.5) is 26.1 Å². The second kappa shape index (κ2) is 11.2. The van der Waals surface area contributed by atoms with E-state index in [4.69, 9.17) is 9.79 Å². The third-order valence-corrected chi connectivity index (χ3v) is 7.29. The summed E-state index contributed by atoms with van der Waals surface area (Å²) in [7, 11) is -4.82. The van der Waals surface area contributed by atoms with E-state index in [-0.39, 0.29) is 0 Å². The predicted octanol–water partition coefficient (Wildman–Crippen LogP) is 3.41. The fourth-order valence-electron chi connectivity index (χ4n) is 4.25. The summed E-state index contributed by atoms with van der Waals surface area (Å²) in [6, 6.07) is 11.4. The molecule has 1 fully saturated rings. The Morgan fingerprint density at radius 1 is 1.30 bits per heavy atom. The number of phosphoric acid groups is 1. The van der Waals surface area contributed by atoms with Gasteiger partial charge in [-0.1, -0.05) is 0 Å². The lowest BCUT2D eigenvalue weighted by atomic mass is 10.2. The van der Waals surface area contributed by atoms with Crippen molar-refractivity contribution in [1.29, 1.82) is 0 Å². The number of aromatic amines is 1. The molecule has 1 aromatic carbocycles. The molecule has 1 aliphatic heterocycles. The number of aromatic nitrogens is 5. The molecule has 5 N–H and O–H groups in total. The molecule has 0 spiro atoms. The Balaban J connectivity index is 1.21. The van der Waals surface area contributed by atoms with Crippen LogP contribution in [-0.4, -0.2) is 77.1 Å². The topological polar surface area (TPSA) is 170 Å². The fourth-order valence-corrected chi connectivity index (χ4v) is 5.36. The number of carbonyl (C=O) groups is 1. The summed E-state index contributed by atoms with van der Waals surface area (Å²) < 4.78 is 44.9. The molecule has 0 unspecified atom stereocenters. The molecule has 1 aliphatic rings. The molecule has 17 heteroatoms. The number of alkyl halides is 2. The molecule has 13 nitrogen and oxygen atoms in total. The minimum Gasteiger partial charge on any atom is -0.325 e. The summed E-state index contributed by atoms with van der Waals surface area (Å²) in [6.45, 7) is 0.171. The molecule has 4 aromatic rings. The van der Waals surface area contributed by atoms with Gasteiger partial charge in [-0.15, -0.1) is 5.10 Å². The highest BCUT2D eigenvalue weighted by Crippen LogP contribution is 2.39. The summed E-state index contributed by atoms with van der Waals surface area (Å²) in [5.74, 6) is -2.45. The number of likely N-dealkylation sites (tertiary alicyclic amines) is 1. The van der Waals surface area contributed by atoms with Crippen LogP contribution in [0.5, 0.6) is 0 Å². The molecule has 1 atom stereocenters. The Morgan fingerprint density at radius 3 is 2.77 bits per heavy atom. The van der Waals surface area contributed by atoms with Crippen molar-refractivity contribution in [2.24, 2.45) is 0 Å². The summed E-state index contributed by atoms with van der Waals surface area (Å²) in [5, 5.41) is 17.9. The first kappa shape index (κ1) is 28.1. The number of carbonyl (C=O) groups excluding carboxylic acids is 1. The van der Waals surface area contributed by atoms with E-state index in [0.717, 1.165) is 21.0 Å². The molecule has 1 saturated heterocycles. The molecule has 4 heterocycles. The normalized spacial score (nSPS) is 17.4. The highest BCUT2D eigenvalue weighted by Gasteiger charge is 2.46. The van der Waals surface area contributed by atoms with Gasteiger partial charge in [-0.05, 0) is 55.1 Å². The average molecular weight is 595 g/mol. The number of rotatable bonds is 10. The molecule has 0 radical (unpaired) electrons. The van der Waals surface area contributed by atoms with Crippen molar-refractivity contribution in [2.45, 2.75) is 35.4 Å².